The van der Waals surface area contributed by atoms with Crippen molar-refractivity contribution in [1.29, 1.82) is 0 Å². The maximum atomic E-state index is 11.2. The van der Waals surface area contributed by atoms with Crippen molar-refractivity contribution in [3.63, 3.8) is 0 Å². The van der Waals surface area contributed by atoms with E-state index in [2.05, 4.69) is 51.5 Å². The lowest BCUT2D eigenvalue weighted by Gasteiger charge is -2.36. The standard InChI is InChI=1S/C15H27NO2Si/c1-7-12(10-13-8-9-14(17)16-13)11-18-19(5,6)15(2,3)4/h13H,1,8-11H2,2-6H3,(H,16,17)/t13-/m0/s1. The Morgan fingerprint density at radius 2 is 2.16 bits per heavy atom. The van der Waals surface area contributed by atoms with Crippen LogP contribution in [-0.2, 0) is 9.22 Å². The maximum Gasteiger partial charge on any atom is 0.220 e. The minimum Gasteiger partial charge on any atom is -0.412 e. The number of carbonyl (C=O) groups excluding carboxylic acids is 1. The van der Waals surface area contributed by atoms with Crippen LogP contribution >= 0.6 is 0 Å². The highest BCUT2D eigenvalue weighted by molar-refractivity contribution is 6.74. The molecule has 1 aliphatic heterocycles. The Morgan fingerprint density at radius 3 is 2.58 bits per heavy atom. The van der Waals surface area contributed by atoms with Crippen LogP contribution in [0.4, 0.5) is 0 Å². The SMILES string of the molecule is C=C=C(CO[Si](C)(C)C(C)(C)C)C[C@@H]1CCC(=O)N1. The zero-order chi connectivity index (χ0) is 14.7. The van der Waals surface area contributed by atoms with Crippen molar-refractivity contribution in [2.45, 2.75) is 64.2 Å². The largest absolute Gasteiger partial charge is 0.412 e. The fourth-order valence-corrected chi connectivity index (χ4v) is 2.76. The molecule has 19 heavy (non-hydrogen) atoms. The van der Waals surface area contributed by atoms with E-state index in [9.17, 15) is 4.79 Å². The highest BCUT2D eigenvalue weighted by Gasteiger charge is 2.37. The first-order valence-corrected chi connectivity index (χ1v) is 9.87. The Balaban J connectivity index is 2.51. The molecule has 0 aliphatic carbocycles. The molecule has 4 heteroatoms. The van der Waals surface area contributed by atoms with Crippen LogP contribution in [0.1, 0.15) is 40.0 Å². The van der Waals surface area contributed by atoms with Gasteiger partial charge in [-0.3, -0.25) is 4.79 Å². The monoisotopic (exact) mass is 281 g/mol. The van der Waals surface area contributed by atoms with Gasteiger partial charge in [-0.1, -0.05) is 27.4 Å². The average molecular weight is 281 g/mol. The molecule has 0 unspecified atom stereocenters. The van der Waals surface area contributed by atoms with Gasteiger partial charge in [0, 0.05) is 12.5 Å². The Kier molecular flexibility index (Phi) is 5.19. The second-order valence-corrected chi connectivity index (χ2v) is 11.6. The summed E-state index contributed by atoms with van der Waals surface area (Å²) in [5.41, 5.74) is 4.05. The van der Waals surface area contributed by atoms with Crippen molar-refractivity contribution < 1.29 is 9.22 Å². The predicted octanol–water partition coefficient (Wildman–Crippen LogP) is 3.39. The fraction of sp³-hybridized carbons (Fsp3) is 0.733. The van der Waals surface area contributed by atoms with Crippen molar-refractivity contribution in [3.8, 4) is 0 Å². The molecule has 1 atom stereocenters. The third-order valence-electron chi connectivity index (χ3n) is 4.24. The molecular formula is C15H27NO2Si. The van der Waals surface area contributed by atoms with Crippen LogP contribution in [0, 0.1) is 0 Å². The number of hydrogen-bond acceptors (Lipinski definition) is 2. The highest BCUT2D eigenvalue weighted by Crippen LogP contribution is 2.36. The van der Waals surface area contributed by atoms with Crippen LogP contribution in [0.25, 0.3) is 0 Å². The third kappa shape index (κ3) is 4.64. The van der Waals surface area contributed by atoms with Gasteiger partial charge in [0.1, 0.15) is 0 Å². The maximum absolute atomic E-state index is 11.2. The minimum atomic E-state index is -1.73. The highest BCUT2D eigenvalue weighted by atomic mass is 28.4. The lowest BCUT2D eigenvalue weighted by Crippen LogP contribution is -2.41. The summed E-state index contributed by atoms with van der Waals surface area (Å²) in [4.78, 5) is 11.2. The van der Waals surface area contributed by atoms with Crippen molar-refractivity contribution in [2.24, 2.45) is 0 Å². The molecule has 1 heterocycles. The molecular weight excluding hydrogens is 254 g/mol. The third-order valence-corrected chi connectivity index (χ3v) is 8.72. The number of rotatable bonds is 5. The van der Waals surface area contributed by atoms with Gasteiger partial charge in [0.05, 0.1) is 6.61 Å². The molecule has 0 spiro atoms. The van der Waals surface area contributed by atoms with Gasteiger partial charge < -0.3 is 9.74 Å². The summed E-state index contributed by atoms with van der Waals surface area (Å²) in [5, 5.41) is 3.18. The Morgan fingerprint density at radius 1 is 1.53 bits per heavy atom. The molecule has 1 N–H and O–H groups in total. The van der Waals surface area contributed by atoms with Gasteiger partial charge in [-0.05, 0) is 36.5 Å². The molecule has 0 aromatic rings. The topological polar surface area (TPSA) is 38.3 Å². The number of carbonyl (C=O) groups is 1. The lowest BCUT2D eigenvalue weighted by atomic mass is 10.1. The normalized spacial score (nSPS) is 20.1. The van der Waals surface area contributed by atoms with Crippen LogP contribution < -0.4 is 5.32 Å². The van der Waals surface area contributed by atoms with E-state index in [0.717, 1.165) is 18.4 Å². The average Bonchev–Trinajstić information content (AvgIpc) is 2.68. The van der Waals surface area contributed by atoms with E-state index in [-0.39, 0.29) is 17.0 Å². The van der Waals surface area contributed by atoms with E-state index in [1.54, 1.807) is 0 Å². The van der Waals surface area contributed by atoms with Crippen molar-refractivity contribution in [2.75, 3.05) is 6.61 Å². The van der Waals surface area contributed by atoms with Gasteiger partial charge in [-0.15, -0.1) is 5.73 Å². The van der Waals surface area contributed by atoms with Crippen LogP contribution in [0.15, 0.2) is 17.9 Å². The second kappa shape index (κ2) is 6.08. The van der Waals surface area contributed by atoms with Crippen LogP contribution in [0.2, 0.25) is 18.1 Å². The summed E-state index contributed by atoms with van der Waals surface area (Å²) < 4.78 is 6.17. The molecule has 0 saturated carbocycles. The smallest absolute Gasteiger partial charge is 0.220 e. The summed E-state index contributed by atoms with van der Waals surface area (Å²) in [6.07, 6.45) is 2.35. The summed E-state index contributed by atoms with van der Waals surface area (Å²) in [6, 6.07) is 0.236. The molecule has 0 aromatic carbocycles. The van der Waals surface area contributed by atoms with E-state index < -0.39 is 8.32 Å². The quantitative estimate of drug-likeness (QED) is 0.619. The van der Waals surface area contributed by atoms with Gasteiger partial charge in [0.15, 0.2) is 8.32 Å². The first-order valence-electron chi connectivity index (χ1n) is 6.97. The fourth-order valence-electron chi connectivity index (χ4n) is 1.79. The molecule has 0 bridgehead atoms. The first kappa shape index (κ1) is 16.2. The molecule has 1 rings (SSSR count). The molecule has 0 aromatic heterocycles. The molecule has 1 aliphatic rings. The van der Waals surface area contributed by atoms with Crippen LogP contribution in [-0.4, -0.2) is 26.9 Å². The first-order chi connectivity index (χ1) is 8.65. The number of hydrogen-bond donors (Lipinski definition) is 1. The Labute approximate surface area is 118 Å². The van der Waals surface area contributed by atoms with Crippen LogP contribution in [0.5, 0.6) is 0 Å². The summed E-state index contributed by atoms with van der Waals surface area (Å²) in [6.45, 7) is 15.5. The zero-order valence-electron chi connectivity index (χ0n) is 12.9. The van der Waals surface area contributed by atoms with E-state index in [0.29, 0.717) is 13.0 Å². The Bertz CT molecular complexity index is 389. The predicted molar refractivity (Wildman–Crippen MR) is 81.6 cm³/mol. The molecule has 108 valence electrons. The molecule has 1 amide bonds. The summed E-state index contributed by atoms with van der Waals surface area (Å²) >= 11 is 0. The van der Waals surface area contributed by atoms with E-state index in [4.69, 9.17) is 4.43 Å². The second-order valence-electron chi connectivity index (χ2n) is 6.84. The zero-order valence-corrected chi connectivity index (χ0v) is 13.9. The van der Waals surface area contributed by atoms with Crippen molar-refractivity contribution in [3.05, 3.63) is 17.9 Å². The lowest BCUT2D eigenvalue weighted by molar-refractivity contribution is -0.119. The minimum absolute atomic E-state index is 0.152. The van der Waals surface area contributed by atoms with E-state index >= 15 is 0 Å². The summed E-state index contributed by atoms with van der Waals surface area (Å²) in [7, 11) is -1.73. The van der Waals surface area contributed by atoms with E-state index in [1.165, 1.54) is 0 Å². The summed E-state index contributed by atoms with van der Waals surface area (Å²) in [5.74, 6) is 0.152. The van der Waals surface area contributed by atoms with Gasteiger partial charge in [-0.25, -0.2) is 0 Å². The Hall–Kier alpha value is -0.833. The number of nitrogens with one attached hydrogen (secondary N) is 1. The molecule has 3 nitrogen and oxygen atoms in total. The molecule has 1 fully saturated rings. The molecule has 1 saturated heterocycles. The van der Waals surface area contributed by atoms with Gasteiger partial charge in [0.25, 0.3) is 0 Å². The van der Waals surface area contributed by atoms with Crippen molar-refractivity contribution in [1.82, 2.24) is 5.32 Å². The van der Waals surface area contributed by atoms with Crippen molar-refractivity contribution >= 4 is 14.2 Å². The molecule has 0 radical (unpaired) electrons. The van der Waals surface area contributed by atoms with Gasteiger partial charge >= 0.3 is 0 Å². The van der Waals surface area contributed by atoms with Crippen LogP contribution in [0.3, 0.4) is 0 Å². The van der Waals surface area contributed by atoms with E-state index in [1.807, 2.05) is 0 Å². The number of amides is 1. The van der Waals surface area contributed by atoms with Gasteiger partial charge in [-0.2, -0.15) is 0 Å². The van der Waals surface area contributed by atoms with Gasteiger partial charge in [0.2, 0.25) is 5.91 Å².